The van der Waals surface area contributed by atoms with Crippen LogP contribution in [0.5, 0.6) is 0 Å². The molecule has 4 rings (SSSR count). The van der Waals surface area contributed by atoms with Crippen LogP contribution in [0.25, 0.3) is 10.6 Å². The Balaban J connectivity index is 1.58. The van der Waals surface area contributed by atoms with Crippen molar-refractivity contribution in [1.82, 2.24) is 9.97 Å². The number of thiazole rings is 1. The van der Waals surface area contributed by atoms with E-state index in [1.54, 1.807) is 25.1 Å². The van der Waals surface area contributed by atoms with E-state index >= 15 is 0 Å². The third-order valence-electron chi connectivity index (χ3n) is 4.40. The van der Waals surface area contributed by atoms with Gasteiger partial charge >= 0.3 is 0 Å². The molecule has 0 spiro atoms. The highest BCUT2D eigenvalue weighted by molar-refractivity contribution is 7.17. The molecule has 2 aromatic heterocycles. The van der Waals surface area contributed by atoms with Crippen molar-refractivity contribution in [1.29, 1.82) is 0 Å². The van der Waals surface area contributed by atoms with Crippen molar-refractivity contribution >= 4 is 34.5 Å². The van der Waals surface area contributed by atoms with E-state index in [-0.39, 0.29) is 17.1 Å². The van der Waals surface area contributed by atoms with Crippen molar-refractivity contribution in [2.75, 3.05) is 10.6 Å². The number of pyridine rings is 1. The quantitative estimate of drug-likeness (QED) is 0.456. The molecule has 2 amide bonds. The van der Waals surface area contributed by atoms with Crippen LogP contribution < -0.4 is 10.6 Å². The Morgan fingerprint density at radius 2 is 1.65 bits per heavy atom. The molecule has 2 heterocycles. The predicted octanol–water partition coefficient (Wildman–Crippen LogP) is 5.16. The number of anilines is 2. The minimum absolute atomic E-state index is 0.142. The molecule has 154 valence electrons. The summed E-state index contributed by atoms with van der Waals surface area (Å²) in [6.07, 6.45) is 1.50. The van der Waals surface area contributed by atoms with E-state index in [4.69, 9.17) is 0 Å². The smallest absolute Gasteiger partial charge is 0.274 e. The first kappa shape index (κ1) is 20.4. The predicted molar refractivity (Wildman–Crippen MR) is 119 cm³/mol. The summed E-state index contributed by atoms with van der Waals surface area (Å²) in [4.78, 5) is 34.2. The van der Waals surface area contributed by atoms with Gasteiger partial charge in [-0.05, 0) is 37.3 Å². The van der Waals surface area contributed by atoms with Crippen LogP contribution in [0.15, 0.2) is 72.9 Å². The maximum atomic E-state index is 13.9. The van der Waals surface area contributed by atoms with Gasteiger partial charge in [0.1, 0.15) is 21.4 Å². The van der Waals surface area contributed by atoms with Gasteiger partial charge in [0.25, 0.3) is 11.8 Å². The first-order valence-corrected chi connectivity index (χ1v) is 10.2. The number of hydrogen-bond acceptors (Lipinski definition) is 5. The summed E-state index contributed by atoms with van der Waals surface area (Å²) < 4.78 is 13.9. The highest BCUT2D eigenvalue weighted by atomic mass is 32.1. The molecule has 0 saturated carbocycles. The summed E-state index contributed by atoms with van der Waals surface area (Å²) in [6.45, 7) is 1.74. The van der Waals surface area contributed by atoms with E-state index in [0.717, 1.165) is 11.6 Å². The van der Waals surface area contributed by atoms with E-state index in [1.807, 2.05) is 30.3 Å². The van der Waals surface area contributed by atoms with Crippen LogP contribution in [0.1, 0.15) is 25.9 Å². The Morgan fingerprint density at radius 3 is 2.39 bits per heavy atom. The SMILES string of the molecule is Cc1nc(-c2ccccc2)sc1C(=O)Nc1cc(F)ccc1NC(=O)c1ccccn1. The fourth-order valence-corrected chi connectivity index (χ4v) is 3.87. The number of carbonyl (C=O) groups excluding carboxylic acids is 2. The summed E-state index contributed by atoms with van der Waals surface area (Å²) in [5.41, 5.74) is 2.08. The number of benzene rings is 2. The van der Waals surface area contributed by atoms with Crippen LogP contribution in [0.4, 0.5) is 15.8 Å². The van der Waals surface area contributed by atoms with Gasteiger partial charge in [0, 0.05) is 11.8 Å². The molecular weight excluding hydrogens is 415 g/mol. The fraction of sp³-hybridized carbons (Fsp3) is 0.0435. The van der Waals surface area contributed by atoms with Crippen molar-refractivity contribution in [3.05, 3.63) is 95.0 Å². The van der Waals surface area contributed by atoms with Crippen molar-refractivity contribution in [3.63, 3.8) is 0 Å². The number of amides is 2. The first-order valence-electron chi connectivity index (χ1n) is 9.37. The van der Waals surface area contributed by atoms with Crippen molar-refractivity contribution in [2.24, 2.45) is 0 Å². The molecule has 2 aromatic carbocycles. The zero-order valence-electron chi connectivity index (χ0n) is 16.4. The van der Waals surface area contributed by atoms with Crippen LogP contribution in [-0.2, 0) is 0 Å². The highest BCUT2D eigenvalue weighted by Crippen LogP contribution is 2.30. The lowest BCUT2D eigenvalue weighted by atomic mass is 10.2. The zero-order chi connectivity index (χ0) is 21.8. The summed E-state index contributed by atoms with van der Waals surface area (Å²) in [5.74, 6) is -1.45. The van der Waals surface area contributed by atoms with Gasteiger partial charge in [0.05, 0.1) is 17.1 Å². The van der Waals surface area contributed by atoms with Crippen LogP contribution in [-0.4, -0.2) is 21.8 Å². The van der Waals surface area contributed by atoms with Crippen molar-refractivity contribution in [2.45, 2.75) is 6.92 Å². The lowest BCUT2D eigenvalue weighted by molar-refractivity contribution is 0.101. The van der Waals surface area contributed by atoms with Gasteiger partial charge in [0.15, 0.2) is 0 Å². The molecule has 0 bridgehead atoms. The third kappa shape index (κ3) is 4.65. The van der Waals surface area contributed by atoms with E-state index in [9.17, 15) is 14.0 Å². The molecule has 0 radical (unpaired) electrons. The second-order valence-electron chi connectivity index (χ2n) is 6.61. The Kier molecular flexibility index (Phi) is 5.81. The maximum Gasteiger partial charge on any atom is 0.274 e. The Labute approximate surface area is 181 Å². The molecule has 0 unspecified atom stereocenters. The maximum absolute atomic E-state index is 13.9. The topological polar surface area (TPSA) is 84.0 Å². The summed E-state index contributed by atoms with van der Waals surface area (Å²) in [6, 6.07) is 18.2. The molecule has 8 heteroatoms. The number of halogens is 1. The Hall–Kier alpha value is -3.91. The number of aromatic nitrogens is 2. The number of hydrogen-bond donors (Lipinski definition) is 2. The van der Waals surface area contributed by atoms with E-state index in [2.05, 4.69) is 20.6 Å². The normalized spacial score (nSPS) is 10.5. The van der Waals surface area contributed by atoms with E-state index in [0.29, 0.717) is 15.6 Å². The number of nitrogens with one attached hydrogen (secondary N) is 2. The number of carbonyl (C=O) groups is 2. The first-order chi connectivity index (χ1) is 15.0. The average molecular weight is 432 g/mol. The minimum atomic E-state index is -0.544. The number of nitrogens with zero attached hydrogens (tertiary/aromatic N) is 2. The minimum Gasteiger partial charge on any atom is -0.319 e. The standard InChI is InChI=1S/C23H17FN4O2S/c1-14-20(31-23(26-14)15-7-3-2-4-8-15)22(30)28-19-13-16(24)10-11-17(19)27-21(29)18-9-5-6-12-25-18/h2-13H,1H3,(H,27,29)(H,28,30). The second-order valence-corrected chi connectivity index (χ2v) is 7.61. The fourth-order valence-electron chi connectivity index (χ4n) is 2.90. The largest absolute Gasteiger partial charge is 0.319 e. The molecule has 0 atom stereocenters. The summed E-state index contributed by atoms with van der Waals surface area (Å²) in [5, 5.41) is 6.06. The highest BCUT2D eigenvalue weighted by Gasteiger charge is 2.19. The summed E-state index contributed by atoms with van der Waals surface area (Å²) >= 11 is 1.25. The Bertz CT molecular complexity index is 1240. The van der Waals surface area contributed by atoms with Crippen molar-refractivity contribution in [3.8, 4) is 10.6 Å². The zero-order valence-corrected chi connectivity index (χ0v) is 17.2. The molecule has 0 saturated heterocycles. The molecule has 2 N–H and O–H groups in total. The van der Waals surface area contributed by atoms with Gasteiger partial charge in [-0.1, -0.05) is 36.4 Å². The van der Waals surface area contributed by atoms with E-state index < -0.39 is 17.6 Å². The van der Waals surface area contributed by atoms with E-state index in [1.165, 1.54) is 29.7 Å². The molecule has 0 fully saturated rings. The lowest BCUT2D eigenvalue weighted by Crippen LogP contribution is -2.17. The van der Waals surface area contributed by atoms with Gasteiger partial charge in [-0.2, -0.15) is 0 Å². The molecule has 31 heavy (non-hydrogen) atoms. The van der Waals surface area contributed by atoms with Crippen LogP contribution >= 0.6 is 11.3 Å². The lowest BCUT2D eigenvalue weighted by Gasteiger charge is -2.12. The van der Waals surface area contributed by atoms with Gasteiger partial charge in [-0.3, -0.25) is 14.6 Å². The number of aryl methyl sites for hydroxylation is 1. The van der Waals surface area contributed by atoms with Crippen molar-refractivity contribution < 1.29 is 14.0 Å². The van der Waals surface area contributed by atoms with Gasteiger partial charge in [-0.15, -0.1) is 11.3 Å². The molecular formula is C23H17FN4O2S. The molecule has 0 aliphatic heterocycles. The Morgan fingerprint density at radius 1 is 0.903 bits per heavy atom. The molecule has 0 aliphatic rings. The molecule has 6 nitrogen and oxygen atoms in total. The summed E-state index contributed by atoms with van der Waals surface area (Å²) in [7, 11) is 0. The number of rotatable bonds is 5. The molecule has 0 aliphatic carbocycles. The van der Waals surface area contributed by atoms with Crippen LogP contribution in [0, 0.1) is 12.7 Å². The van der Waals surface area contributed by atoms with Crippen LogP contribution in [0.3, 0.4) is 0 Å². The van der Waals surface area contributed by atoms with Gasteiger partial charge in [-0.25, -0.2) is 9.37 Å². The molecule has 4 aromatic rings. The van der Waals surface area contributed by atoms with Gasteiger partial charge in [0.2, 0.25) is 0 Å². The second kappa shape index (κ2) is 8.85. The van der Waals surface area contributed by atoms with Gasteiger partial charge < -0.3 is 10.6 Å². The third-order valence-corrected chi connectivity index (χ3v) is 5.60. The average Bonchev–Trinajstić information content (AvgIpc) is 3.18. The monoisotopic (exact) mass is 432 g/mol. The van der Waals surface area contributed by atoms with Crippen LogP contribution in [0.2, 0.25) is 0 Å².